The third-order valence-corrected chi connectivity index (χ3v) is 2.97. The van der Waals surface area contributed by atoms with Crippen LogP contribution in [0.4, 0.5) is 11.4 Å². The average molecular weight is 296 g/mol. The van der Waals surface area contributed by atoms with Crippen molar-refractivity contribution in [2.45, 2.75) is 25.8 Å². The van der Waals surface area contributed by atoms with E-state index in [9.17, 15) is 14.9 Å². The first-order valence-electron chi connectivity index (χ1n) is 6.58. The Bertz CT molecular complexity index is 501. The van der Waals surface area contributed by atoms with Crippen molar-refractivity contribution in [3.05, 3.63) is 33.9 Å². The number of rotatable bonds is 8. The van der Waals surface area contributed by atoms with Gasteiger partial charge >= 0.3 is 0 Å². The topological polar surface area (TPSA) is 120 Å². The van der Waals surface area contributed by atoms with Crippen molar-refractivity contribution in [1.82, 2.24) is 5.32 Å². The largest absolute Gasteiger partial charge is 0.383 e. The minimum absolute atomic E-state index is 0.00679. The van der Waals surface area contributed by atoms with Crippen LogP contribution in [0.1, 0.15) is 30.1 Å². The zero-order valence-electron chi connectivity index (χ0n) is 12.1. The van der Waals surface area contributed by atoms with Crippen LogP contribution in [0.3, 0.4) is 0 Å². The summed E-state index contributed by atoms with van der Waals surface area (Å²) in [5.74, 6) is 4.89. The Labute approximate surface area is 122 Å². The summed E-state index contributed by atoms with van der Waals surface area (Å²) in [6.07, 6.45) is 1.63. The predicted molar refractivity (Wildman–Crippen MR) is 78.9 cm³/mol. The Hall–Kier alpha value is -2.19. The smallest absolute Gasteiger partial charge is 0.294 e. The van der Waals surface area contributed by atoms with Crippen LogP contribution >= 0.6 is 0 Å². The molecule has 8 heteroatoms. The number of para-hydroxylation sites is 1. The van der Waals surface area contributed by atoms with Crippen LogP contribution in [-0.2, 0) is 4.74 Å². The Balaban J connectivity index is 3.01. The van der Waals surface area contributed by atoms with Crippen LogP contribution in [0, 0.1) is 10.1 Å². The lowest BCUT2D eigenvalue weighted by Crippen LogP contribution is -2.38. The molecule has 0 aromatic heterocycles. The van der Waals surface area contributed by atoms with Gasteiger partial charge in [-0.3, -0.25) is 20.8 Å². The average Bonchev–Trinajstić information content (AvgIpc) is 2.46. The molecular weight excluding hydrogens is 276 g/mol. The molecule has 8 nitrogen and oxygen atoms in total. The maximum Gasteiger partial charge on any atom is 0.294 e. The van der Waals surface area contributed by atoms with Crippen molar-refractivity contribution in [2.75, 3.05) is 19.1 Å². The molecule has 1 aromatic rings. The van der Waals surface area contributed by atoms with E-state index in [1.54, 1.807) is 7.11 Å². The second-order valence-corrected chi connectivity index (χ2v) is 4.52. The molecule has 1 rings (SSSR count). The monoisotopic (exact) mass is 296 g/mol. The molecule has 0 aliphatic rings. The number of ether oxygens (including phenoxy) is 1. The van der Waals surface area contributed by atoms with Gasteiger partial charge in [-0.15, -0.1) is 0 Å². The molecular formula is C13H20N4O4. The van der Waals surface area contributed by atoms with Gasteiger partial charge in [0.15, 0.2) is 0 Å². The van der Waals surface area contributed by atoms with Gasteiger partial charge in [-0.05, 0) is 12.5 Å². The van der Waals surface area contributed by atoms with E-state index in [0.717, 1.165) is 12.8 Å². The second kappa shape index (κ2) is 8.18. The molecule has 0 bridgehead atoms. The van der Waals surface area contributed by atoms with Crippen LogP contribution in [0.25, 0.3) is 0 Å². The van der Waals surface area contributed by atoms with Gasteiger partial charge in [0.1, 0.15) is 5.69 Å². The van der Waals surface area contributed by atoms with Gasteiger partial charge in [0.2, 0.25) is 0 Å². The SMILES string of the molecule is CCCC(COC)NC(=O)c1cccc([N+](=O)[O-])c1NN. The fourth-order valence-corrected chi connectivity index (χ4v) is 2.04. The normalized spacial score (nSPS) is 11.8. The number of amides is 1. The first-order valence-corrected chi connectivity index (χ1v) is 6.58. The molecule has 0 aliphatic heterocycles. The molecule has 1 unspecified atom stereocenters. The maximum atomic E-state index is 12.3. The number of carbonyl (C=O) groups is 1. The molecule has 1 aromatic carbocycles. The summed E-state index contributed by atoms with van der Waals surface area (Å²) in [6.45, 7) is 2.37. The second-order valence-electron chi connectivity index (χ2n) is 4.52. The zero-order chi connectivity index (χ0) is 15.8. The van der Waals surface area contributed by atoms with E-state index < -0.39 is 10.8 Å². The van der Waals surface area contributed by atoms with E-state index in [0.29, 0.717) is 6.61 Å². The number of carbonyl (C=O) groups excluding carboxylic acids is 1. The summed E-state index contributed by atoms with van der Waals surface area (Å²) in [7, 11) is 1.55. The van der Waals surface area contributed by atoms with Gasteiger partial charge in [0.25, 0.3) is 11.6 Å². The van der Waals surface area contributed by atoms with Crippen molar-refractivity contribution >= 4 is 17.3 Å². The summed E-state index contributed by atoms with van der Waals surface area (Å²) < 4.78 is 5.05. The highest BCUT2D eigenvalue weighted by atomic mass is 16.6. The highest BCUT2D eigenvalue weighted by molar-refractivity contribution is 6.01. The Kier molecular flexibility index (Phi) is 6.57. The lowest BCUT2D eigenvalue weighted by Gasteiger charge is -2.18. The number of methoxy groups -OCH3 is 1. The molecule has 0 saturated carbocycles. The number of nitrogens with one attached hydrogen (secondary N) is 2. The number of nitrogens with zero attached hydrogens (tertiary/aromatic N) is 1. The molecule has 1 atom stereocenters. The van der Waals surface area contributed by atoms with Gasteiger partial charge in [-0.2, -0.15) is 0 Å². The number of nitro benzene ring substituents is 1. The van der Waals surface area contributed by atoms with E-state index in [-0.39, 0.29) is 23.0 Å². The fraction of sp³-hybridized carbons (Fsp3) is 0.462. The number of hydrogen-bond donors (Lipinski definition) is 3. The van der Waals surface area contributed by atoms with E-state index in [4.69, 9.17) is 10.6 Å². The molecule has 0 aliphatic carbocycles. The van der Waals surface area contributed by atoms with Crippen LogP contribution < -0.4 is 16.6 Å². The van der Waals surface area contributed by atoms with Crippen LogP contribution in [0.2, 0.25) is 0 Å². The molecule has 4 N–H and O–H groups in total. The Morgan fingerprint density at radius 3 is 2.76 bits per heavy atom. The van der Waals surface area contributed by atoms with Crippen molar-refractivity contribution < 1.29 is 14.5 Å². The molecule has 116 valence electrons. The number of hydrazine groups is 1. The molecule has 21 heavy (non-hydrogen) atoms. The van der Waals surface area contributed by atoms with E-state index in [1.165, 1.54) is 18.2 Å². The molecule has 1 amide bonds. The fourth-order valence-electron chi connectivity index (χ4n) is 2.04. The van der Waals surface area contributed by atoms with Crippen molar-refractivity contribution in [3.63, 3.8) is 0 Å². The van der Waals surface area contributed by atoms with Crippen molar-refractivity contribution in [3.8, 4) is 0 Å². The minimum Gasteiger partial charge on any atom is -0.383 e. The number of nitro groups is 1. The summed E-state index contributed by atoms with van der Waals surface area (Å²) in [6, 6.07) is 4.05. The zero-order valence-corrected chi connectivity index (χ0v) is 12.1. The molecule has 0 fully saturated rings. The van der Waals surface area contributed by atoms with Crippen molar-refractivity contribution in [1.29, 1.82) is 0 Å². The maximum absolute atomic E-state index is 12.3. The van der Waals surface area contributed by atoms with Gasteiger partial charge < -0.3 is 15.5 Å². The third kappa shape index (κ3) is 4.40. The molecule has 0 spiro atoms. The minimum atomic E-state index is -0.593. The number of anilines is 1. The summed E-state index contributed by atoms with van der Waals surface area (Å²) >= 11 is 0. The standard InChI is InChI=1S/C13H20N4O4/c1-3-5-9(8-21-2)15-13(18)10-6-4-7-11(17(19)20)12(10)16-14/h4,6-7,9,16H,3,5,8,14H2,1-2H3,(H,15,18). The predicted octanol–water partition coefficient (Wildman–Crippen LogP) is 1.43. The number of benzene rings is 1. The number of hydrogen-bond acceptors (Lipinski definition) is 6. The first-order chi connectivity index (χ1) is 10.0. The van der Waals surface area contributed by atoms with Crippen LogP contribution in [0.15, 0.2) is 18.2 Å². The van der Waals surface area contributed by atoms with Gasteiger partial charge in [-0.25, -0.2) is 0 Å². The lowest BCUT2D eigenvalue weighted by atomic mass is 10.1. The molecule has 0 heterocycles. The first kappa shape index (κ1) is 16.9. The molecule has 0 saturated heterocycles. The Morgan fingerprint density at radius 1 is 1.52 bits per heavy atom. The highest BCUT2D eigenvalue weighted by Gasteiger charge is 2.22. The Morgan fingerprint density at radius 2 is 2.24 bits per heavy atom. The number of nitrogen functional groups attached to an aromatic ring is 1. The number of nitrogens with two attached hydrogens (primary N) is 1. The van der Waals surface area contributed by atoms with Gasteiger partial charge in [0.05, 0.1) is 23.1 Å². The van der Waals surface area contributed by atoms with Crippen LogP contribution in [-0.4, -0.2) is 30.6 Å². The lowest BCUT2D eigenvalue weighted by molar-refractivity contribution is -0.384. The van der Waals surface area contributed by atoms with E-state index in [2.05, 4.69) is 10.7 Å². The van der Waals surface area contributed by atoms with E-state index in [1.807, 2.05) is 6.92 Å². The van der Waals surface area contributed by atoms with Gasteiger partial charge in [0, 0.05) is 13.2 Å². The third-order valence-electron chi connectivity index (χ3n) is 2.97. The summed E-state index contributed by atoms with van der Waals surface area (Å²) in [5, 5.41) is 13.7. The van der Waals surface area contributed by atoms with Crippen LogP contribution in [0.5, 0.6) is 0 Å². The quantitative estimate of drug-likeness (QED) is 0.379. The molecule has 0 radical (unpaired) electrons. The van der Waals surface area contributed by atoms with E-state index >= 15 is 0 Å². The van der Waals surface area contributed by atoms with Gasteiger partial charge in [-0.1, -0.05) is 19.4 Å². The summed E-state index contributed by atoms with van der Waals surface area (Å²) in [5.41, 5.74) is 2.11. The van der Waals surface area contributed by atoms with Crippen molar-refractivity contribution in [2.24, 2.45) is 5.84 Å². The highest BCUT2D eigenvalue weighted by Crippen LogP contribution is 2.27. The summed E-state index contributed by atoms with van der Waals surface area (Å²) in [4.78, 5) is 22.6.